The largest absolute Gasteiger partial charge is 0.323 e. The van der Waals surface area contributed by atoms with Gasteiger partial charge < -0.3 is 11.1 Å². The average Bonchev–Trinajstić information content (AvgIpc) is 2.42. The molecule has 1 amide bonds. The first-order valence-electron chi connectivity index (χ1n) is 6.67. The van der Waals surface area contributed by atoms with Crippen molar-refractivity contribution < 1.29 is 13.6 Å². The lowest BCUT2D eigenvalue weighted by Crippen LogP contribution is -2.38. The third kappa shape index (κ3) is 4.19. The summed E-state index contributed by atoms with van der Waals surface area (Å²) in [4.78, 5) is 11.9. The van der Waals surface area contributed by atoms with Crippen molar-refractivity contribution in [2.75, 3.05) is 5.32 Å². The van der Waals surface area contributed by atoms with Crippen molar-refractivity contribution in [2.24, 2.45) is 11.7 Å². The molecule has 3 N–H and O–H groups in total. The molecule has 0 aliphatic heterocycles. The molecule has 0 aromatic carbocycles. The maximum atomic E-state index is 13.0. The van der Waals surface area contributed by atoms with E-state index in [9.17, 15) is 13.6 Å². The molecule has 20 heavy (non-hydrogen) atoms. The molecule has 1 atom stereocenters. The van der Waals surface area contributed by atoms with Gasteiger partial charge >= 0.3 is 0 Å². The van der Waals surface area contributed by atoms with Crippen molar-refractivity contribution in [3.8, 4) is 0 Å². The first kappa shape index (κ1) is 14.8. The highest BCUT2D eigenvalue weighted by molar-refractivity contribution is 5.94. The highest BCUT2D eigenvalue weighted by Crippen LogP contribution is 2.37. The van der Waals surface area contributed by atoms with Gasteiger partial charge in [-0.25, -0.2) is 8.78 Å². The predicted octanol–water partition coefficient (Wildman–Crippen LogP) is 1.96. The number of carbonyl (C=O) groups is 1. The number of nitrogens with two attached hydrogens (primary N) is 1. The summed E-state index contributed by atoms with van der Waals surface area (Å²) in [7, 11) is 0. The first-order chi connectivity index (χ1) is 9.46. The normalized spacial score (nSPS) is 20.4. The van der Waals surface area contributed by atoms with Crippen LogP contribution in [0.5, 0.6) is 0 Å². The van der Waals surface area contributed by atoms with E-state index in [0.29, 0.717) is 24.9 Å². The van der Waals surface area contributed by atoms with Gasteiger partial charge in [-0.2, -0.15) is 10.2 Å². The minimum atomic E-state index is -2.55. The van der Waals surface area contributed by atoms with Gasteiger partial charge in [-0.3, -0.25) is 4.79 Å². The lowest BCUT2D eigenvalue weighted by molar-refractivity contribution is -0.118. The summed E-state index contributed by atoms with van der Waals surface area (Å²) in [6.07, 6.45) is 3.94. The standard InChI is InChI=1S/C13H18F2N4O/c14-13(15)4-1-9(2-5-13)7-11(16)12(20)19-10-3-6-17-18-8-10/h3,6,8-9,11H,1-2,4-5,7,16H2,(H,17,19,20)/t11-/m0/s1. The van der Waals surface area contributed by atoms with Gasteiger partial charge in [0.25, 0.3) is 0 Å². The topological polar surface area (TPSA) is 80.9 Å². The van der Waals surface area contributed by atoms with Crippen molar-refractivity contribution in [1.29, 1.82) is 0 Å². The quantitative estimate of drug-likeness (QED) is 0.885. The van der Waals surface area contributed by atoms with Gasteiger partial charge in [0, 0.05) is 12.8 Å². The van der Waals surface area contributed by atoms with Gasteiger partial charge in [0.1, 0.15) is 0 Å². The van der Waals surface area contributed by atoms with Crippen molar-refractivity contribution in [1.82, 2.24) is 10.2 Å². The summed E-state index contributed by atoms with van der Waals surface area (Å²) in [5.41, 5.74) is 6.35. The number of anilines is 1. The van der Waals surface area contributed by atoms with E-state index in [4.69, 9.17) is 5.73 Å². The Morgan fingerprint density at radius 3 is 2.75 bits per heavy atom. The molecule has 1 aliphatic carbocycles. The minimum Gasteiger partial charge on any atom is -0.323 e. The van der Waals surface area contributed by atoms with Gasteiger partial charge in [-0.1, -0.05) is 0 Å². The SMILES string of the molecule is N[C@@H](CC1CCC(F)(F)CC1)C(=O)Nc1ccnnc1. The molecule has 1 fully saturated rings. The second-order valence-corrected chi connectivity index (χ2v) is 5.26. The molecule has 1 heterocycles. The fourth-order valence-corrected chi connectivity index (χ4v) is 2.40. The van der Waals surface area contributed by atoms with E-state index in [1.165, 1.54) is 12.4 Å². The summed E-state index contributed by atoms with van der Waals surface area (Å²) < 4.78 is 26.1. The van der Waals surface area contributed by atoms with Crippen LogP contribution >= 0.6 is 0 Å². The second kappa shape index (κ2) is 6.21. The smallest absolute Gasteiger partial charge is 0.248 e. The molecule has 0 saturated heterocycles. The molecule has 0 spiro atoms. The maximum absolute atomic E-state index is 13.0. The number of hydrogen-bond donors (Lipinski definition) is 2. The Hall–Kier alpha value is -1.63. The van der Waals surface area contributed by atoms with Gasteiger partial charge in [-0.15, -0.1) is 0 Å². The molecule has 0 bridgehead atoms. The maximum Gasteiger partial charge on any atom is 0.248 e. The van der Waals surface area contributed by atoms with Gasteiger partial charge in [0.15, 0.2) is 0 Å². The van der Waals surface area contributed by atoms with Gasteiger partial charge in [0.2, 0.25) is 11.8 Å². The Morgan fingerprint density at radius 1 is 1.45 bits per heavy atom. The zero-order valence-corrected chi connectivity index (χ0v) is 11.1. The molecule has 7 heteroatoms. The molecule has 0 radical (unpaired) electrons. The number of alkyl halides is 2. The van der Waals surface area contributed by atoms with Crippen LogP contribution < -0.4 is 11.1 Å². The summed E-state index contributed by atoms with van der Waals surface area (Å²) in [6.45, 7) is 0. The first-order valence-corrected chi connectivity index (χ1v) is 6.67. The van der Waals surface area contributed by atoms with E-state index in [1.54, 1.807) is 6.07 Å². The highest BCUT2D eigenvalue weighted by Gasteiger charge is 2.35. The number of hydrogen-bond acceptors (Lipinski definition) is 4. The second-order valence-electron chi connectivity index (χ2n) is 5.26. The number of nitrogens with zero attached hydrogens (tertiary/aromatic N) is 2. The number of nitrogens with one attached hydrogen (secondary N) is 1. The van der Waals surface area contributed by atoms with E-state index >= 15 is 0 Å². The van der Waals surface area contributed by atoms with E-state index < -0.39 is 12.0 Å². The van der Waals surface area contributed by atoms with Crippen LogP contribution in [-0.2, 0) is 4.79 Å². The van der Waals surface area contributed by atoms with E-state index in [1.807, 2.05) is 0 Å². The van der Waals surface area contributed by atoms with E-state index in [-0.39, 0.29) is 24.7 Å². The monoisotopic (exact) mass is 284 g/mol. The molecular formula is C13H18F2N4O. The van der Waals surface area contributed by atoms with Crippen LogP contribution in [0.1, 0.15) is 32.1 Å². The van der Waals surface area contributed by atoms with Crippen LogP contribution in [0, 0.1) is 5.92 Å². The Labute approximate surface area is 116 Å². The zero-order valence-electron chi connectivity index (χ0n) is 11.1. The summed E-state index contributed by atoms with van der Waals surface area (Å²) in [6, 6.07) is 0.915. The van der Waals surface area contributed by atoms with E-state index in [0.717, 1.165) is 0 Å². The van der Waals surface area contributed by atoms with Crippen LogP contribution in [0.4, 0.5) is 14.5 Å². The number of amides is 1. The van der Waals surface area contributed by atoms with Crippen LogP contribution in [0.15, 0.2) is 18.5 Å². The summed E-state index contributed by atoms with van der Waals surface area (Å²) in [5, 5.41) is 9.87. The Kier molecular flexibility index (Phi) is 4.59. The molecule has 1 aromatic heterocycles. The number of carbonyl (C=O) groups excluding carboxylic acids is 1. The van der Waals surface area contributed by atoms with Gasteiger partial charge in [0.05, 0.1) is 24.1 Å². The highest BCUT2D eigenvalue weighted by atomic mass is 19.3. The molecule has 2 rings (SSSR count). The molecule has 1 aromatic rings. The third-order valence-electron chi connectivity index (χ3n) is 3.61. The molecule has 1 aliphatic rings. The fourth-order valence-electron chi connectivity index (χ4n) is 2.40. The number of halogens is 2. The van der Waals surface area contributed by atoms with Crippen molar-refractivity contribution >= 4 is 11.6 Å². The minimum absolute atomic E-state index is 0.0888. The van der Waals surface area contributed by atoms with Crippen LogP contribution in [0.2, 0.25) is 0 Å². The molecular weight excluding hydrogens is 266 g/mol. The zero-order chi connectivity index (χ0) is 14.6. The molecule has 0 unspecified atom stereocenters. The van der Waals surface area contributed by atoms with Crippen molar-refractivity contribution in [3.05, 3.63) is 18.5 Å². The number of aromatic nitrogens is 2. The Bertz CT molecular complexity index is 445. The number of rotatable bonds is 4. The lowest BCUT2D eigenvalue weighted by atomic mass is 9.83. The fraction of sp³-hybridized carbons (Fsp3) is 0.615. The Morgan fingerprint density at radius 2 is 2.15 bits per heavy atom. The third-order valence-corrected chi connectivity index (χ3v) is 3.61. The average molecular weight is 284 g/mol. The van der Waals surface area contributed by atoms with Crippen molar-refractivity contribution in [3.63, 3.8) is 0 Å². The van der Waals surface area contributed by atoms with Crippen molar-refractivity contribution in [2.45, 2.75) is 44.1 Å². The lowest BCUT2D eigenvalue weighted by Gasteiger charge is -2.29. The van der Waals surface area contributed by atoms with Gasteiger partial charge in [-0.05, 0) is 31.2 Å². The molecule has 5 nitrogen and oxygen atoms in total. The molecule has 110 valence electrons. The predicted molar refractivity (Wildman–Crippen MR) is 70.2 cm³/mol. The van der Waals surface area contributed by atoms with E-state index in [2.05, 4.69) is 15.5 Å². The Balaban J connectivity index is 1.80. The summed E-state index contributed by atoms with van der Waals surface area (Å²) in [5.74, 6) is -2.78. The molecule has 1 saturated carbocycles. The van der Waals surface area contributed by atoms with Crippen LogP contribution in [-0.4, -0.2) is 28.1 Å². The van der Waals surface area contributed by atoms with Crippen LogP contribution in [0.3, 0.4) is 0 Å². The van der Waals surface area contributed by atoms with Crippen LogP contribution in [0.25, 0.3) is 0 Å². The summed E-state index contributed by atoms with van der Waals surface area (Å²) >= 11 is 0.